The third kappa shape index (κ3) is 3.08. The number of carbonyl (C=O) groups excluding carboxylic acids is 1. The lowest BCUT2D eigenvalue weighted by Crippen LogP contribution is -2.35. The van der Waals surface area contributed by atoms with E-state index < -0.39 is 12.1 Å². The number of carbonyl (C=O) groups is 2. The number of hydrogen-bond acceptors (Lipinski definition) is 4. The molecular formula is C14H17NO5. The van der Waals surface area contributed by atoms with Crippen LogP contribution in [0.5, 0.6) is 5.75 Å². The summed E-state index contributed by atoms with van der Waals surface area (Å²) in [5.74, 6) is -0.412. The predicted molar refractivity (Wildman–Crippen MR) is 71.8 cm³/mol. The standard InChI is InChI=1S/C14H17NO5/c1-15-10-7-9(11(16)3-2-4-14(18)19)5-6-12(10)20-8-13(15)17/h5-7,11,16H,2-4,8H2,1H3,(H,18,19). The van der Waals surface area contributed by atoms with Crippen LogP contribution in [0.25, 0.3) is 0 Å². The zero-order valence-corrected chi connectivity index (χ0v) is 11.2. The molecule has 1 unspecified atom stereocenters. The number of anilines is 1. The van der Waals surface area contributed by atoms with Crippen molar-refractivity contribution in [3.8, 4) is 5.75 Å². The van der Waals surface area contributed by atoms with Crippen LogP contribution in [0.15, 0.2) is 18.2 Å². The summed E-state index contributed by atoms with van der Waals surface area (Å²) in [7, 11) is 1.66. The second-order valence-electron chi connectivity index (χ2n) is 4.77. The summed E-state index contributed by atoms with van der Waals surface area (Å²) in [5.41, 5.74) is 1.27. The number of carboxylic acids is 1. The number of benzene rings is 1. The first-order valence-corrected chi connectivity index (χ1v) is 6.42. The molecule has 1 aliphatic rings. The molecule has 0 fully saturated rings. The molecular weight excluding hydrogens is 262 g/mol. The number of amides is 1. The quantitative estimate of drug-likeness (QED) is 0.849. The minimum Gasteiger partial charge on any atom is -0.482 e. The van der Waals surface area contributed by atoms with Crippen LogP contribution in [0, 0.1) is 0 Å². The van der Waals surface area contributed by atoms with Gasteiger partial charge in [0.1, 0.15) is 5.75 Å². The Kier molecular flexibility index (Phi) is 4.24. The maximum Gasteiger partial charge on any atom is 0.303 e. The van der Waals surface area contributed by atoms with E-state index in [1.807, 2.05) is 0 Å². The summed E-state index contributed by atoms with van der Waals surface area (Å²) in [4.78, 5) is 23.5. The Labute approximate surface area is 116 Å². The Bertz CT molecular complexity index is 528. The lowest BCUT2D eigenvalue weighted by Gasteiger charge is -2.27. The first-order valence-electron chi connectivity index (χ1n) is 6.42. The van der Waals surface area contributed by atoms with Gasteiger partial charge in [-0.1, -0.05) is 6.07 Å². The van der Waals surface area contributed by atoms with E-state index in [2.05, 4.69) is 0 Å². The van der Waals surface area contributed by atoms with Gasteiger partial charge in [0, 0.05) is 13.5 Å². The molecule has 0 spiro atoms. The molecule has 1 aromatic carbocycles. The van der Waals surface area contributed by atoms with Gasteiger partial charge >= 0.3 is 5.97 Å². The van der Waals surface area contributed by atoms with Gasteiger partial charge < -0.3 is 19.8 Å². The van der Waals surface area contributed by atoms with Gasteiger partial charge in [0.05, 0.1) is 11.8 Å². The number of aliphatic hydroxyl groups excluding tert-OH is 1. The number of ether oxygens (including phenoxy) is 1. The monoisotopic (exact) mass is 279 g/mol. The number of aliphatic hydroxyl groups is 1. The van der Waals surface area contributed by atoms with Crippen molar-refractivity contribution in [1.82, 2.24) is 0 Å². The Morgan fingerprint density at radius 2 is 2.25 bits per heavy atom. The third-order valence-electron chi connectivity index (χ3n) is 3.32. The Balaban J connectivity index is 2.10. The molecule has 0 bridgehead atoms. The second-order valence-corrected chi connectivity index (χ2v) is 4.77. The molecule has 20 heavy (non-hydrogen) atoms. The lowest BCUT2D eigenvalue weighted by molar-refractivity contribution is -0.137. The number of hydrogen-bond donors (Lipinski definition) is 2. The van der Waals surface area contributed by atoms with Crippen LogP contribution in [0.4, 0.5) is 5.69 Å². The molecule has 0 saturated heterocycles. The van der Waals surface area contributed by atoms with E-state index in [0.717, 1.165) is 0 Å². The fourth-order valence-corrected chi connectivity index (χ4v) is 2.11. The summed E-state index contributed by atoms with van der Waals surface area (Å²) in [6, 6.07) is 5.15. The van der Waals surface area contributed by atoms with Gasteiger partial charge in [-0.25, -0.2) is 0 Å². The molecule has 1 aliphatic heterocycles. The van der Waals surface area contributed by atoms with Crippen LogP contribution in [0.2, 0.25) is 0 Å². The summed E-state index contributed by atoms with van der Waals surface area (Å²) >= 11 is 0. The SMILES string of the molecule is CN1C(=O)COc2ccc(C(O)CCCC(=O)O)cc21. The smallest absolute Gasteiger partial charge is 0.303 e. The van der Waals surface area contributed by atoms with Gasteiger partial charge in [-0.05, 0) is 30.5 Å². The van der Waals surface area contributed by atoms with Crippen molar-refractivity contribution in [3.63, 3.8) is 0 Å². The van der Waals surface area contributed by atoms with E-state index in [1.165, 1.54) is 4.90 Å². The number of carboxylic acid groups (broad SMARTS) is 1. The van der Waals surface area contributed by atoms with Crippen molar-refractivity contribution in [1.29, 1.82) is 0 Å². The minimum atomic E-state index is -0.874. The number of aliphatic carboxylic acids is 1. The van der Waals surface area contributed by atoms with Gasteiger partial charge in [0.15, 0.2) is 6.61 Å². The summed E-state index contributed by atoms with van der Waals surface area (Å²) in [5, 5.41) is 18.6. The largest absolute Gasteiger partial charge is 0.482 e. The van der Waals surface area contributed by atoms with Crippen molar-refractivity contribution in [2.24, 2.45) is 0 Å². The molecule has 6 nitrogen and oxygen atoms in total. The molecule has 2 rings (SSSR count). The van der Waals surface area contributed by atoms with E-state index in [-0.39, 0.29) is 18.9 Å². The van der Waals surface area contributed by atoms with Crippen molar-refractivity contribution in [2.75, 3.05) is 18.6 Å². The lowest BCUT2D eigenvalue weighted by atomic mass is 10.0. The molecule has 0 aromatic heterocycles. The zero-order chi connectivity index (χ0) is 14.7. The number of nitrogens with zero attached hydrogens (tertiary/aromatic N) is 1. The van der Waals surface area contributed by atoms with Gasteiger partial charge in [-0.15, -0.1) is 0 Å². The highest BCUT2D eigenvalue weighted by Crippen LogP contribution is 2.34. The van der Waals surface area contributed by atoms with Crippen LogP contribution in [0.1, 0.15) is 30.9 Å². The Morgan fingerprint density at radius 3 is 2.95 bits per heavy atom. The fourth-order valence-electron chi connectivity index (χ4n) is 2.11. The zero-order valence-electron chi connectivity index (χ0n) is 11.2. The number of fused-ring (bicyclic) bond motifs is 1. The average molecular weight is 279 g/mol. The predicted octanol–water partition coefficient (Wildman–Crippen LogP) is 1.33. The number of rotatable bonds is 5. The second kappa shape index (κ2) is 5.92. The van der Waals surface area contributed by atoms with Crippen LogP contribution in [0.3, 0.4) is 0 Å². The van der Waals surface area contributed by atoms with Crippen LogP contribution >= 0.6 is 0 Å². The summed E-state index contributed by atoms with van der Waals surface area (Å²) in [6.45, 7) is 0.0179. The highest BCUT2D eigenvalue weighted by Gasteiger charge is 2.23. The van der Waals surface area contributed by atoms with Crippen LogP contribution in [-0.4, -0.2) is 35.7 Å². The van der Waals surface area contributed by atoms with Crippen molar-refractivity contribution in [3.05, 3.63) is 23.8 Å². The third-order valence-corrected chi connectivity index (χ3v) is 3.32. The van der Waals surface area contributed by atoms with Gasteiger partial charge in [0.25, 0.3) is 5.91 Å². The summed E-state index contributed by atoms with van der Waals surface area (Å²) in [6.07, 6.45) is 0.0523. The number of likely N-dealkylation sites (N-methyl/N-ethyl adjacent to an activating group) is 1. The first-order chi connectivity index (χ1) is 9.49. The van der Waals surface area contributed by atoms with Gasteiger partial charge in [-0.2, -0.15) is 0 Å². The van der Waals surface area contributed by atoms with Crippen LogP contribution in [-0.2, 0) is 9.59 Å². The van der Waals surface area contributed by atoms with E-state index in [0.29, 0.717) is 29.8 Å². The highest BCUT2D eigenvalue weighted by atomic mass is 16.5. The van der Waals surface area contributed by atoms with Crippen molar-refractivity contribution in [2.45, 2.75) is 25.4 Å². The Hall–Kier alpha value is -2.08. The fraction of sp³-hybridized carbons (Fsp3) is 0.429. The Morgan fingerprint density at radius 1 is 1.50 bits per heavy atom. The summed E-state index contributed by atoms with van der Waals surface area (Å²) < 4.78 is 5.30. The van der Waals surface area contributed by atoms with E-state index in [4.69, 9.17) is 9.84 Å². The maximum atomic E-state index is 11.6. The van der Waals surface area contributed by atoms with Crippen molar-refractivity contribution < 1.29 is 24.5 Å². The molecule has 108 valence electrons. The molecule has 6 heteroatoms. The highest BCUT2D eigenvalue weighted by molar-refractivity contribution is 5.97. The molecule has 2 N–H and O–H groups in total. The molecule has 0 aliphatic carbocycles. The average Bonchev–Trinajstić information content (AvgIpc) is 2.42. The molecule has 0 saturated carbocycles. The molecule has 1 amide bonds. The van der Waals surface area contributed by atoms with Gasteiger partial charge in [-0.3, -0.25) is 9.59 Å². The normalized spacial score (nSPS) is 15.5. The topological polar surface area (TPSA) is 87.1 Å². The van der Waals surface area contributed by atoms with E-state index in [1.54, 1.807) is 25.2 Å². The minimum absolute atomic E-state index is 0.0179. The van der Waals surface area contributed by atoms with E-state index in [9.17, 15) is 14.7 Å². The molecule has 1 aromatic rings. The first kappa shape index (κ1) is 14.3. The molecule has 0 radical (unpaired) electrons. The van der Waals surface area contributed by atoms with E-state index >= 15 is 0 Å². The molecule has 1 atom stereocenters. The van der Waals surface area contributed by atoms with Crippen molar-refractivity contribution >= 4 is 17.6 Å². The van der Waals surface area contributed by atoms with Gasteiger partial charge in [0.2, 0.25) is 0 Å². The van der Waals surface area contributed by atoms with Crippen LogP contribution < -0.4 is 9.64 Å². The maximum absolute atomic E-state index is 11.6. The molecule has 1 heterocycles.